The van der Waals surface area contributed by atoms with Crippen LogP contribution in [-0.2, 0) is 6.42 Å². The monoisotopic (exact) mass is 243 g/mol. The summed E-state index contributed by atoms with van der Waals surface area (Å²) in [5, 5.41) is 0.645. The minimum absolute atomic E-state index is 0.0741. The molecule has 0 saturated heterocycles. The van der Waals surface area contributed by atoms with E-state index in [0.29, 0.717) is 17.1 Å². The summed E-state index contributed by atoms with van der Waals surface area (Å²) in [6.45, 7) is 6.55. The van der Waals surface area contributed by atoms with E-state index >= 15 is 0 Å². The SMILES string of the molecule is Cc1cc(Cl)c(CCC(C)(C)CN)cc1F. The third-order valence-electron chi connectivity index (χ3n) is 2.95. The van der Waals surface area contributed by atoms with Gasteiger partial charge in [-0.25, -0.2) is 4.39 Å². The molecule has 0 atom stereocenters. The van der Waals surface area contributed by atoms with E-state index in [4.69, 9.17) is 17.3 Å². The average molecular weight is 244 g/mol. The Kier molecular flexibility index (Phi) is 4.34. The Labute approximate surface area is 102 Å². The molecule has 1 aromatic rings. The van der Waals surface area contributed by atoms with Crippen molar-refractivity contribution in [2.75, 3.05) is 6.54 Å². The first-order valence-corrected chi connectivity index (χ1v) is 5.88. The van der Waals surface area contributed by atoms with Crippen LogP contribution in [0.3, 0.4) is 0 Å². The Morgan fingerprint density at radius 3 is 2.56 bits per heavy atom. The summed E-state index contributed by atoms with van der Waals surface area (Å²) in [4.78, 5) is 0. The van der Waals surface area contributed by atoms with E-state index in [9.17, 15) is 4.39 Å². The van der Waals surface area contributed by atoms with Gasteiger partial charge in [-0.05, 0) is 55.0 Å². The van der Waals surface area contributed by atoms with Crippen molar-refractivity contribution in [3.63, 3.8) is 0 Å². The second-order valence-corrected chi connectivity index (χ2v) is 5.47. The molecule has 0 radical (unpaired) electrons. The highest BCUT2D eigenvalue weighted by Gasteiger charge is 2.16. The van der Waals surface area contributed by atoms with E-state index in [0.717, 1.165) is 18.4 Å². The van der Waals surface area contributed by atoms with Crippen LogP contribution in [0.2, 0.25) is 5.02 Å². The Bertz CT molecular complexity index is 374. The zero-order chi connectivity index (χ0) is 12.3. The van der Waals surface area contributed by atoms with Gasteiger partial charge in [0.2, 0.25) is 0 Å². The molecule has 0 spiro atoms. The van der Waals surface area contributed by atoms with Crippen molar-refractivity contribution in [3.05, 3.63) is 34.1 Å². The van der Waals surface area contributed by atoms with Crippen LogP contribution in [-0.4, -0.2) is 6.54 Å². The molecule has 0 aromatic heterocycles. The first-order valence-electron chi connectivity index (χ1n) is 5.50. The van der Waals surface area contributed by atoms with Crippen LogP contribution in [0.15, 0.2) is 12.1 Å². The van der Waals surface area contributed by atoms with Crippen LogP contribution in [0.25, 0.3) is 0 Å². The fourth-order valence-electron chi connectivity index (χ4n) is 1.45. The quantitative estimate of drug-likeness (QED) is 0.857. The lowest BCUT2D eigenvalue weighted by Crippen LogP contribution is -2.24. The molecule has 0 unspecified atom stereocenters. The first kappa shape index (κ1) is 13.5. The first-order chi connectivity index (χ1) is 7.35. The fourth-order valence-corrected chi connectivity index (χ4v) is 1.77. The van der Waals surface area contributed by atoms with E-state index in [-0.39, 0.29) is 11.2 Å². The van der Waals surface area contributed by atoms with Gasteiger partial charge in [-0.1, -0.05) is 25.4 Å². The molecular weight excluding hydrogens is 225 g/mol. The minimum Gasteiger partial charge on any atom is -0.330 e. The van der Waals surface area contributed by atoms with Gasteiger partial charge in [-0.3, -0.25) is 0 Å². The van der Waals surface area contributed by atoms with E-state index in [2.05, 4.69) is 13.8 Å². The predicted molar refractivity (Wildman–Crippen MR) is 67.3 cm³/mol. The number of halogens is 2. The van der Waals surface area contributed by atoms with Crippen molar-refractivity contribution in [1.82, 2.24) is 0 Å². The molecule has 2 N–H and O–H groups in total. The zero-order valence-electron chi connectivity index (χ0n) is 10.1. The molecule has 3 heteroatoms. The molecule has 0 bridgehead atoms. The minimum atomic E-state index is -0.190. The summed E-state index contributed by atoms with van der Waals surface area (Å²) in [6, 6.07) is 3.21. The summed E-state index contributed by atoms with van der Waals surface area (Å²) in [5.41, 5.74) is 7.19. The zero-order valence-corrected chi connectivity index (χ0v) is 10.9. The Morgan fingerprint density at radius 1 is 1.38 bits per heavy atom. The van der Waals surface area contributed by atoms with Gasteiger partial charge in [0.25, 0.3) is 0 Å². The van der Waals surface area contributed by atoms with Crippen LogP contribution >= 0.6 is 11.6 Å². The number of nitrogens with two attached hydrogens (primary N) is 1. The van der Waals surface area contributed by atoms with Crippen LogP contribution in [0, 0.1) is 18.2 Å². The lowest BCUT2D eigenvalue weighted by Gasteiger charge is -2.22. The van der Waals surface area contributed by atoms with Gasteiger partial charge in [0.1, 0.15) is 5.82 Å². The Hall–Kier alpha value is -0.600. The average Bonchev–Trinajstić information content (AvgIpc) is 2.22. The third kappa shape index (κ3) is 3.46. The highest BCUT2D eigenvalue weighted by Crippen LogP contribution is 2.26. The predicted octanol–water partition coefficient (Wildman–Crippen LogP) is 3.71. The van der Waals surface area contributed by atoms with E-state index in [1.54, 1.807) is 13.0 Å². The van der Waals surface area contributed by atoms with Crippen LogP contribution < -0.4 is 5.73 Å². The molecule has 1 nitrogen and oxygen atoms in total. The summed E-state index contributed by atoms with van der Waals surface area (Å²) < 4.78 is 13.4. The molecular formula is C13H19ClFN. The number of hydrogen-bond acceptors (Lipinski definition) is 1. The van der Waals surface area contributed by atoms with E-state index in [1.807, 2.05) is 0 Å². The van der Waals surface area contributed by atoms with Crippen molar-refractivity contribution < 1.29 is 4.39 Å². The fraction of sp³-hybridized carbons (Fsp3) is 0.538. The second kappa shape index (κ2) is 5.15. The van der Waals surface area contributed by atoms with Crippen LogP contribution in [0.4, 0.5) is 4.39 Å². The molecule has 0 heterocycles. The lowest BCUT2D eigenvalue weighted by molar-refractivity contribution is 0.347. The molecule has 0 amide bonds. The maximum atomic E-state index is 13.4. The molecule has 0 aliphatic heterocycles. The molecule has 16 heavy (non-hydrogen) atoms. The van der Waals surface area contributed by atoms with Gasteiger partial charge in [0.15, 0.2) is 0 Å². The standard InChI is InChI=1S/C13H19ClFN/c1-9-6-11(14)10(7-12(9)15)4-5-13(2,3)8-16/h6-7H,4-5,8,16H2,1-3H3. The van der Waals surface area contributed by atoms with Gasteiger partial charge in [0, 0.05) is 5.02 Å². The molecule has 1 rings (SSSR count). The molecule has 90 valence electrons. The Balaban J connectivity index is 2.79. The normalized spacial score (nSPS) is 11.9. The van der Waals surface area contributed by atoms with E-state index in [1.165, 1.54) is 6.07 Å². The summed E-state index contributed by atoms with van der Waals surface area (Å²) in [7, 11) is 0. The van der Waals surface area contributed by atoms with Gasteiger partial charge < -0.3 is 5.73 Å². The highest BCUT2D eigenvalue weighted by atomic mass is 35.5. The smallest absolute Gasteiger partial charge is 0.126 e. The van der Waals surface area contributed by atoms with Crippen LogP contribution in [0.1, 0.15) is 31.4 Å². The number of benzene rings is 1. The van der Waals surface area contributed by atoms with Crippen molar-refractivity contribution in [3.8, 4) is 0 Å². The van der Waals surface area contributed by atoms with Gasteiger partial charge in [-0.15, -0.1) is 0 Å². The van der Waals surface area contributed by atoms with Crippen molar-refractivity contribution in [1.29, 1.82) is 0 Å². The van der Waals surface area contributed by atoms with Crippen molar-refractivity contribution in [2.24, 2.45) is 11.1 Å². The number of rotatable bonds is 4. The molecule has 0 saturated carbocycles. The topological polar surface area (TPSA) is 26.0 Å². The number of aryl methyl sites for hydroxylation is 2. The van der Waals surface area contributed by atoms with Crippen LogP contribution in [0.5, 0.6) is 0 Å². The summed E-state index contributed by atoms with van der Waals surface area (Å²) in [6.07, 6.45) is 1.67. The third-order valence-corrected chi connectivity index (χ3v) is 3.30. The maximum Gasteiger partial charge on any atom is 0.126 e. The molecule has 0 aliphatic rings. The van der Waals surface area contributed by atoms with E-state index < -0.39 is 0 Å². The molecule has 0 aliphatic carbocycles. The molecule has 1 aromatic carbocycles. The second-order valence-electron chi connectivity index (χ2n) is 5.06. The molecule has 0 fully saturated rings. The highest BCUT2D eigenvalue weighted by molar-refractivity contribution is 6.31. The summed E-state index contributed by atoms with van der Waals surface area (Å²) in [5.74, 6) is -0.190. The maximum absolute atomic E-state index is 13.4. The van der Waals surface area contributed by atoms with Crippen molar-refractivity contribution in [2.45, 2.75) is 33.6 Å². The van der Waals surface area contributed by atoms with Gasteiger partial charge >= 0.3 is 0 Å². The largest absolute Gasteiger partial charge is 0.330 e. The van der Waals surface area contributed by atoms with Crippen molar-refractivity contribution >= 4 is 11.6 Å². The summed E-state index contributed by atoms with van der Waals surface area (Å²) >= 11 is 6.08. The Morgan fingerprint density at radius 2 is 2.00 bits per heavy atom. The van der Waals surface area contributed by atoms with Gasteiger partial charge in [-0.2, -0.15) is 0 Å². The number of hydrogen-bond donors (Lipinski definition) is 1. The lowest BCUT2D eigenvalue weighted by atomic mass is 9.86. The van der Waals surface area contributed by atoms with Gasteiger partial charge in [0.05, 0.1) is 0 Å².